The lowest BCUT2D eigenvalue weighted by molar-refractivity contribution is 0.612. The van der Waals surface area contributed by atoms with Gasteiger partial charge in [0.2, 0.25) is 0 Å². The Kier molecular flexibility index (Phi) is 3.70. The maximum atomic E-state index is 2.32. The Morgan fingerprint density at radius 3 is 2.08 bits per heavy atom. The van der Waals surface area contributed by atoms with Crippen LogP contribution in [0.3, 0.4) is 0 Å². The molecular formula is C11H20S. The Morgan fingerprint density at radius 2 is 1.75 bits per heavy atom. The Morgan fingerprint density at radius 1 is 1.17 bits per heavy atom. The van der Waals surface area contributed by atoms with E-state index in [9.17, 15) is 0 Å². The lowest BCUT2D eigenvalue weighted by Gasteiger charge is -2.18. The van der Waals surface area contributed by atoms with E-state index in [-0.39, 0.29) is 0 Å². The molecule has 0 nitrogen and oxygen atoms in total. The van der Waals surface area contributed by atoms with Gasteiger partial charge >= 0.3 is 0 Å². The molecule has 1 rings (SSSR count). The van der Waals surface area contributed by atoms with Gasteiger partial charge in [0.15, 0.2) is 0 Å². The first-order valence-corrected chi connectivity index (χ1v) is 6.08. The summed E-state index contributed by atoms with van der Waals surface area (Å²) in [6, 6.07) is 0. The molecule has 1 fully saturated rings. The van der Waals surface area contributed by atoms with Gasteiger partial charge in [-0.1, -0.05) is 38.8 Å². The van der Waals surface area contributed by atoms with Crippen LogP contribution in [0.2, 0.25) is 0 Å². The SMILES string of the molecule is CC(C)C(=C1CCSC1)C(C)C. The highest BCUT2D eigenvalue weighted by Crippen LogP contribution is 2.32. The molecule has 1 aliphatic rings. The Labute approximate surface area is 80.8 Å². The van der Waals surface area contributed by atoms with E-state index in [0.717, 1.165) is 11.8 Å². The lowest BCUT2D eigenvalue weighted by Crippen LogP contribution is -2.06. The molecule has 1 heteroatoms. The summed E-state index contributed by atoms with van der Waals surface area (Å²) in [5.41, 5.74) is 3.46. The molecule has 0 atom stereocenters. The fourth-order valence-electron chi connectivity index (χ4n) is 2.17. The second kappa shape index (κ2) is 4.36. The summed E-state index contributed by atoms with van der Waals surface area (Å²) in [4.78, 5) is 0. The van der Waals surface area contributed by atoms with Crippen LogP contribution in [0.25, 0.3) is 0 Å². The standard InChI is InChI=1S/C11H20S/c1-8(2)11(9(3)4)10-5-6-12-7-10/h8-9H,5-7H2,1-4H3. The van der Waals surface area contributed by atoms with Gasteiger partial charge in [0, 0.05) is 5.75 Å². The summed E-state index contributed by atoms with van der Waals surface area (Å²) < 4.78 is 0. The second-order valence-electron chi connectivity index (χ2n) is 4.17. The quantitative estimate of drug-likeness (QED) is 0.589. The molecule has 1 aliphatic heterocycles. The van der Waals surface area contributed by atoms with Crippen molar-refractivity contribution in [3.05, 3.63) is 11.1 Å². The Balaban J connectivity index is 2.81. The summed E-state index contributed by atoms with van der Waals surface area (Å²) in [6.07, 6.45) is 1.34. The number of hydrogen-bond donors (Lipinski definition) is 0. The largest absolute Gasteiger partial charge is 0.157 e. The molecule has 0 aromatic rings. The van der Waals surface area contributed by atoms with Crippen molar-refractivity contribution >= 4 is 11.8 Å². The fourth-order valence-corrected chi connectivity index (χ4v) is 3.27. The molecule has 0 radical (unpaired) electrons. The van der Waals surface area contributed by atoms with Crippen molar-refractivity contribution in [2.24, 2.45) is 11.8 Å². The van der Waals surface area contributed by atoms with Gasteiger partial charge in [-0.15, -0.1) is 0 Å². The van der Waals surface area contributed by atoms with Crippen molar-refractivity contribution in [2.75, 3.05) is 11.5 Å². The molecule has 70 valence electrons. The predicted molar refractivity (Wildman–Crippen MR) is 58.6 cm³/mol. The van der Waals surface area contributed by atoms with Gasteiger partial charge < -0.3 is 0 Å². The van der Waals surface area contributed by atoms with Crippen LogP contribution in [0.1, 0.15) is 34.1 Å². The summed E-state index contributed by atoms with van der Waals surface area (Å²) in [5, 5.41) is 0. The molecule has 0 unspecified atom stereocenters. The molecule has 1 heterocycles. The highest BCUT2D eigenvalue weighted by atomic mass is 32.2. The molecule has 1 saturated heterocycles. The summed E-state index contributed by atoms with van der Waals surface area (Å²) in [7, 11) is 0. The third kappa shape index (κ3) is 2.29. The van der Waals surface area contributed by atoms with Crippen LogP contribution in [0.4, 0.5) is 0 Å². The van der Waals surface area contributed by atoms with Crippen LogP contribution < -0.4 is 0 Å². The predicted octanol–water partition coefficient (Wildman–Crippen LogP) is 3.73. The van der Waals surface area contributed by atoms with Crippen molar-refractivity contribution in [2.45, 2.75) is 34.1 Å². The topological polar surface area (TPSA) is 0 Å². The third-order valence-electron chi connectivity index (χ3n) is 2.48. The molecule has 0 amide bonds. The average Bonchev–Trinajstić information content (AvgIpc) is 2.37. The van der Waals surface area contributed by atoms with E-state index in [0.29, 0.717) is 0 Å². The first kappa shape index (κ1) is 10.2. The zero-order valence-corrected chi connectivity index (χ0v) is 9.50. The summed E-state index contributed by atoms with van der Waals surface area (Å²) in [6.45, 7) is 9.30. The highest BCUT2D eigenvalue weighted by molar-refractivity contribution is 7.99. The van der Waals surface area contributed by atoms with Crippen LogP contribution in [0.15, 0.2) is 11.1 Å². The van der Waals surface area contributed by atoms with E-state index in [4.69, 9.17) is 0 Å². The van der Waals surface area contributed by atoms with Gasteiger partial charge in [-0.05, 0) is 24.0 Å². The van der Waals surface area contributed by atoms with Gasteiger partial charge in [0.25, 0.3) is 0 Å². The minimum Gasteiger partial charge on any atom is -0.157 e. The van der Waals surface area contributed by atoms with Crippen LogP contribution in [-0.4, -0.2) is 11.5 Å². The molecule has 0 aromatic carbocycles. The van der Waals surface area contributed by atoms with Crippen LogP contribution in [0.5, 0.6) is 0 Å². The second-order valence-corrected chi connectivity index (χ2v) is 5.28. The molecule has 0 saturated carbocycles. The highest BCUT2D eigenvalue weighted by Gasteiger charge is 2.17. The number of thioether (sulfide) groups is 1. The third-order valence-corrected chi connectivity index (χ3v) is 3.52. The molecular weight excluding hydrogens is 164 g/mol. The van der Waals surface area contributed by atoms with Crippen LogP contribution in [0, 0.1) is 11.8 Å². The molecule has 0 bridgehead atoms. The van der Waals surface area contributed by atoms with Gasteiger partial charge in [-0.2, -0.15) is 11.8 Å². The zero-order valence-electron chi connectivity index (χ0n) is 8.68. The lowest BCUT2D eigenvalue weighted by atomic mass is 9.88. The number of hydrogen-bond acceptors (Lipinski definition) is 1. The van der Waals surface area contributed by atoms with Crippen molar-refractivity contribution < 1.29 is 0 Å². The van der Waals surface area contributed by atoms with Crippen molar-refractivity contribution in [1.29, 1.82) is 0 Å². The molecule has 0 spiro atoms. The molecule has 0 aromatic heterocycles. The van der Waals surface area contributed by atoms with Gasteiger partial charge in [-0.25, -0.2) is 0 Å². The smallest absolute Gasteiger partial charge is 0.0146 e. The monoisotopic (exact) mass is 184 g/mol. The number of allylic oxidation sites excluding steroid dienone is 1. The van der Waals surface area contributed by atoms with Crippen molar-refractivity contribution in [1.82, 2.24) is 0 Å². The normalized spacial score (nSPS) is 18.0. The maximum absolute atomic E-state index is 2.32. The van der Waals surface area contributed by atoms with E-state index in [1.165, 1.54) is 17.9 Å². The Hall–Kier alpha value is 0.0900. The van der Waals surface area contributed by atoms with Gasteiger partial charge in [0.05, 0.1) is 0 Å². The zero-order chi connectivity index (χ0) is 9.14. The van der Waals surface area contributed by atoms with E-state index >= 15 is 0 Å². The van der Waals surface area contributed by atoms with Crippen molar-refractivity contribution in [3.8, 4) is 0 Å². The summed E-state index contributed by atoms with van der Waals surface area (Å²) in [5.74, 6) is 4.14. The summed E-state index contributed by atoms with van der Waals surface area (Å²) >= 11 is 2.09. The first-order valence-electron chi connectivity index (χ1n) is 4.92. The molecule has 0 N–H and O–H groups in total. The van der Waals surface area contributed by atoms with Gasteiger partial charge in [0.1, 0.15) is 0 Å². The minimum atomic E-state index is 0.749. The van der Waals surface area contributed by atoms with Gasteiger partial charge in [-0.3, -0.25) is 0 Å². The maximum Gasteiger partial charge on any atom is 0.0146 e. The molecule has 0 aliphatic carbocycles. The van der Waals surface area contributed by atoms with E-state index in [2.05, 4.69) is 39.5 Å². The number of rotatable bonds is 2. The van der Waals surface area contributed by atoms with Crippen LogP contribution >= 0.6 is 11.8 Å². The van der Waals surface area contributed by atoms with E-state index in [1.807, 2.05) is 0 Å². The average molecular weight is 184 g/mol. The first-order chi connectivity index (χ1) is 5.63. The van der Waals surface area contributed by atoms with Crippen LogP contribution in [-0.2, 0) is 0 Å². The Bertz CT molecular complexity index is 159. The van der Waals surface area contributed by atoms with E-state index in [1.54, 1.807) is 11.1 Å². The minimum absolute atomic E-state index is 0.749. The fraction of sp³-hybridized carbons (Fsp3) is 0.818. The van der Waals surface area contributed by atoms with E-state index < -0.39 is 0 Å². The van der Waals surface area contributed by atoms with Crippen molar-refractivity contribution in [3.63, 3.8) is 0 Å². The molecule has 12 heavy (non-hydrogen) atoms.